The molecule has 0 aromatic rings. The third-order valence-electron chi connectivity index (χ3n) is 4.81. The minimum atomic E-state index is -0.0338. The number of hydrogen-bond donors (Lipinski definition) is 2. The van der Waals surface area contributed by atoms with Gasteiger partial charge in [0.2, 0.25) is 0 Å². The highest BCUT2D eigenvalue weighted by atomic mass is 16.5. The standard InChI is InChI=1S/C17H36N2O/c1-6-20-17(12-9-14(2)10-13-17)15(19-18)8-7-11-16(3,4)5/h14-15,19H,6-13,18H2,1-5H3. The molecule has 20 heavy (non-hydrogen) atoms. The Balaban J connectivity index is 2.62. The highest BCUT2D eigenvalue weighted by Gasteiger charge is 2.41. The topological polar surface area (TPSA) is 47.3 Å². The number of ether oxygens (including phenoxy) is 1. The lowest BCUT2D eigenvalue weighted by atomic mass is 9.73. The zero-order valence-electron chi connectivity index (χ0n) is 14.3. The van der Waals surface area contributed by atoms with Crippen molar-refractivity contribution in [3.8, 4) is 0 Å². The minimum Gasteiger partial charge on any atom is -0.374 e. The molecule has 0 heterocycles. The molecule has 0 aromatic heterocycles. The van der Waals surface area contributed by atoms with E-state index in [9.17, 15) is 0 Å². The summed E-state index contributed by atoms with van der Waals surface area (Å²) in [7, 11) is 0. The zero-order chi connectivity index (χ0) is 15.2. The average Bonchev–Trinajstić information content (AvgIpc) is 2.37. The van der Waals surface area contributed by atoms with Gasteiger partial charge in [0.05, 0.1) is 11.6 Å². The van der Waals surface area contributed by atoms with Crippen LogP contribution < -0.4 is 11.3 Å². The van der Waals surface area contributed by atoms with E-state index >= 15 is 0 Å². The second-order valence-electron chi connectivity index (χ2n) is 7.85. The highest BCUT2D eigenvalue weighted by molar-refractivity contribution is 4.96. The van der Waals surface area contributed by atoms with E-state index in [0.717, 1.165) is 31.8 Å². The first-order valence-corrected chi connectivity index (χ1v) is 8.43. The molecule has 3 N–H and O–H groups in total. The molecule has 0 saturated heterocycles. The van der Waals surface area contributed by atoms with Crippen molar-refractivity contribution < 1.29 is 4.74 Å². The fraction of sp³-hybridized carbons (Fsp3) is 1.00. The van der Waals surface area contributed by atoms with Crippen LogP contribution in [0, 0.1) is 11.3 Å². The first-order chi connectivity index (χ1) is 9.33. The molecule has 120 valence electrons. The monoisotopic (exact) mass is 284 g/mol. The first kappa shape index (κ1) is 17.9. The van der Waals surface area contributed by atoms with Crippen LogP contribution in [0.2, 0.25) is 0 Å². The van der Waals surface area contributed by atoms with Crippen molar-refractivity contribution in [1.29, 1.82) is 0 Å². The molecular weight excluding hydrogens is 248 g/mol. The largest absolute Gasteiger partial charge is 0.374 e. The first-order valence-electron chi connectivity index (χ1n) is 8.43. The SMILES string of the molecule is CCOC1(C(CCCC(C)(C)C)NN)CCC(C)CC1. The second-order valence-corrected chi connectivity index (χ2v) is 7.85. The minimum absolute atomic E-state index is 0.0338. The van der Waals surface area contributed by atoms with Gasteiger partial charge in [-0.1, -0.05) is 34.1 Å². The lowest BCUT2D eigenvalue weighted by molar-refractivity contribution is -0.0984. The van der Waals surface area contributed by atoms with Crippen molar-refractivity contribution in [3.05, 3.63) is 0 Å². The molecular formula is C17H36N2O. The Morgan fingerprint density at radius 2 is 1.90 bits per heavy atom. The quantitative estimate of drug-likeness (QED) is 0.548. The molecule has 0 amide bonds. The van der Waals surface area contributed by atoms with E-state index in [1.807, 2.05) is 0 Å². The summed E-state index contributed by atoms with van der Waals surface area (Å²) in [5.41, 5.74) is 3.44. The average molecular weight is 284 g/mol. The summed E-state index contributed by atoms with van der Waals surface area (Å²) in [6.07, 6.45) is 8.38. The molecule has 1 unspecified atom stereocenters. The van der Waals surface area contributed by atoms with Gasteiger partial charge in [0.25, 0.3) is 0 Å². The second kappa shape index (κ2) is 7.77. The van der Waals surface area contributed by atoms with Gasteiger partial charge >= 0.3 is 0 Å². The number of nitrogens with one attached hydrogen (secondary N) is 1. The highest BCUT2D eigenvalue weighted by Crippen LogP contribution is 2.39. The number of hydrogen-bond acceptors (Lipinski definition) is 3. The Bertz CT molecular complexity index is 265. The Hall–Kier alpha value is -0.120. The van der Waals surface area contributed by atoms with Crippen molar-refractivity contribution in [1.82, 2.24) is 5.43 Å². The smallest absolute Gasteiger partial charge is 0.0848 e. The van der Waals surface area contributed by atoms with Crippen LogP contribution in [0.5, 0.6) is 0 Å². The summed E-state index contributed by atoms with van der Waals surface area (Å²) >= 11 is 0. The van der Waals surface area contributed by atoms with Crippen LogP contribution in [0.3, 0.4) is 0 Å². The molecule has 1 aliphatic rings. The Morgan fingerprint density at radius 3 is 2.35 bits per heavy atom. The van der Waals surface area contributed by atoms with Gasteiger partial charge in [-0.05, 0) is 56.8 Å². The Labute approximate surface area is 126 Å². The van der Waals surface area contributed by atoms with Crippen molar-refractivity contribution in [2.24, 2.45) is 17.2 Å². The van der Waals surface area contributed by atoms with Gasteiger partial charge in [-0.15, -0.1) is 0 Å². The number of nitrogens with two attached hydrogens (primary N) is 1. The predicted molar refractivity (Wildman–Crippen MR) is 86.4 cm³/mol. The molecule has 3 heteroatoms. The lowest BCUT2D eigenvalue weighted by Crippen LogP contribution is -2.56. The van der Waals surface area contributed by atoms with Gasteiger partial charge in [-0.2, -0.15) is 0 Å². The van der Waals surface area contributed by atoms with Crippen molar-refractivity contribution >= 4 is 0 Å². The molecule has 0 aromatic carbocycles. The zero-order valence-corrected chi connectivity index (χ0v) is 14.3. The van der Waals surface area contributed by atoms with Crippen LogP contribution in [-0.4, -0.2) is 18.2 Å². The van der Waals surface area contributed by atoms with Crippen LogP contribution in [-0.2, 0) is 4.74 Å². The normalized spacial score (nSPS) is 29.4. The van der Waals surface area contributed by atoms with Crippen LogP contribution in [0.25, 0.3) is 0 Å². The number of hydrazine groups is 1. The summed E-state index contributed by atoms with van der Waals surface area (Å²) in [6.45, 7) is 12.1. The molecule has 0 spiro atoms. The lowest BCUT2D eigenvalue weighted by Gasteiger charge is -2.44. The fourth-order valence-corrected chi connectivity index (χ4v) is 3.47. The van der Waals surface area contributed by atoms with Gasteiger partial charge in [0, 0.05) is 6.61 Å². The predicted octanol–water partition coefficient (Wildman–Crippen LogP) is 4.02. The summed E-state index contributed by atoms with van der Waals surface area (Å²) in [6, 6.07) is 0.289. The maximum absolute atomic E-state index is 6.21. The van der Waals surface area contributed by atoms with Crippen LogP contribution in [0.1, 0.15) is 79.6 Å². The summed E-state index contributed by atoms with van der Waals surface area (Å²) in [5, 5.41) is 0. The van der Waals surface area contributed by atoms with E-state index in [-0.39, 0.29) is 11.6 Å². The summed E-state index contributed by atoms with van der Waals surface area (Å²) < 4.78 is 6.21. The molecule has 1 atom stereocenters. The van der Waals surface area contributed by atoms with Crippen molar-refractivity contribution in [2.45, 2.75) is 91.2 Å². The summed E-state index contributed by atoms with van der Waals surface area (Å²) in [4.78, 5) is 0. The third-order valence-corrected chi connectivity index (χ3v) is 4.81. The maximum atomic E-state index is 6.21. The van der Waals surface area contributed by atoms with E-state index in [0.29, 0.717) is 5.41 Å². The van der Waals surface area contributed by atoms with Crippen molar-refractivity contribution in [3.63, 3.8) is 0 Å². The van der Waals surface area contributed by atoms with E-state index < -0.39 is 0 Å². The Morgan fingerprint density at radius 1 is 1.30 bits per heavy atom. The molecule has 1 fully saturated rings. The molecule has 0 radical (unpaired) electrons. The molecule has 1 saturated carbocycles. The molecule has 0 bridgehead atoms. The fourth-order valence-electron chi connectivity index (χ4n) is 3.47. The summed E-state index contributed by atoms with van der Waals surface area (Å²) in [5.74, 6) is 6.70. The van der Waals surface area contributed by atoms with Gasteiger partial charge in [-0.25, -0.2) is 0 Å². The molecule has 1 rings (SSSR count). The van der Waals surface area contributed by atoms with Crippen LogP contribution >= 0.6 is 0 Å². The molecule has 3 nitrogen and oxygen atoms in total. The molecule has 0 aliphatic heterocycles. The third kappa shape index (κ3) is 5.34. The van der Waals surface area contributed by atoms with E-state index in [1.165, 1.54) is 25.7 Å². The van der Waals surface area contributed by atoms with Crippen LogP contribution in [0.15, 0.2) is 0 Å². The van der Waals surface area contributed by atoms with Gasteiger partial charge in [0.15, 0.2) is 0 Å². The maximum Gasteiger partial charge on any atom is 0.0848 e. The van der Waals surface area contributed by atoms with Gasteiger partial charge in [0.1, 0.15) is 0 Å². The molecule has 1 aliphatic carbocycles. The van der Waals surface area contributed by atoms with Gasteiger partial charge < -0.3 is 4.74 Å². The van der Waals surface area contributed by atoms with E-state index in [2.05, 4.69) is 40.0 Å². The van der Waals surface area contributed by atoms with Gasteiger partial charge in [-0.3, -0.25) is 11.3 Å². The van der Waals surface area contributed by atoms with E-state index in [4.69, 9.17) is 10.6 Å². The number of rotatable bonds is 7. The van der Waals surface area contributed by atoms with Crippen molar-refractivity contribution in [2.75, 3.05) is 6.61 Å². The Kier molecular flexibility index (Phi) is 6.96. The van der Waals surface area contributed by atoms with E-state index in [1.54, 1.807) is 0 Å². The van der Waals surface area contributed by atoms with Crippen LogP contribution in [0.4, 0.5) is 0 Å².